The molecule has 1 aromatic heterocycles. The third-order valence-corrected chi connectivity index (χ3v) is 4.49. The molecule has 1 atom stereocenters. The highest BCUT2D eigenvalue weighted by molar-refractivity contribution is 5.77. The van der Waals surface area contributed by atoms with Crippen LogP contribution in [0.15, 0.2) is 33.0 Å². The molecule has 0 N–H and O–H groups in total. The van der Waals surface area contributed by atoms with Crippen molar-refractivity contribution in [2.45, 2.75) is 56.7 Å². The van der Waals surface area contributed by atoms with Gasteiger partial charge in [-0.15, -0.1) is 12.3 Å². The van der Waals surface area contributed by atoms with Crippen LogP contribution in [-0.2, 0) is 4.79 Å². The molecule has 1 amide bonds. The monoisotopic (exact) mass is 299 g/mol. The van der Waals surface area contributed by atoms with Crippen LogP contribution >= 0.6 is 0 Å². The maximum atomic E-state index is 12.6. The van der Waals surface area contributed by atoms with E-state index in [9.17, 15) is 4.79 Å². The summed E-state index contributed by atoms with van der Waals surface area (Å²) in [5, 5.41) is 8.20. The molecule has 1 saturated heterocycles. The van der Waals surface area contributed by atoms with Crippen LogP contribution in [0, 0.1) is 12.3 Å². The number of nitrogens with zero attached hydrogens (tertiary/aromatic N) is 3. The van der Waals surface area contributed by atoms with Crippen molar-refractivity contribution >= 4 is 5.91 Å². The van der Waals surface area contributed by atoms with Crippen LogP contribution in [0.5, 0.6) is 0 Å². The van der Waals surface area contributed by atoms with Crippen LogP contribution in [0.3, 0.4) is 0 Å². The summed E-state index contributed by atoms with van der Waals surface area (Å²) in [5.41, 5.74) is -0.377. The number of piperidine rings is 1. The molecular weight excluding hydrogens is 278 g/mol. The second kappa shape index (κ2) is 6.35. The molecular formula is C17H21N3O2. The van der Waals surface area contributed by atoms with Crippen molar-refractivity contribution in [3.63, 3.8) is 0 Å². The van der Waals surface area contributed by atoms with E-state index in [2.05, 4.69) is 16.1 Å². The van der Waals surface area contributed by atoms with Gasteiger partial charge in [-0.2, -0.15) is 10.2 Å². The Labute approximate surface area is 130 Å². The van der Waals surface area contributed by atoms with Gasteiger partial charge in [-0.1, -0.05) is 0 Å². The minimum atomic E-state index is -0.377. The van der Waals surface area contributed by atoms with Crippen molar-refractivity contribution in [1.29, 1.82) is 0 Å². The maximum Gasteiger partial charge on any atom is 0.223 e. The average molecular weight is 299 g/mol. The molecule has 22 heavy (non-hydrogen) atoms. The van der Waals surface area contributed by atoms with E-state index in [1.165, 1.54) is 0 Å². The van der Waals surface area contributed by atoms with Crippen molar-refractivity contribution in [3.8, 4) is 12.3 Å². The number of terminal acetylenes is 1. The van der Waals surface area contributed by atoms with Gasteiger partial charge < -0.3 is 9.32 Å². The highest BCUT2D eigenvalue weighted by atomic mass is 16.3. The zero-order valence-electron chi connectivity index (χ0n) is 12.7. The fourth-order valence-electron chi connectivity index (χ4n) is 3.13. The molecule has 0 unspecified atom stereocenters. The summed E-state index contributed by atoms with van der Waals surface area (Å²) in [6.45, 7) is 0.801. The van der Waals surface area contributed by atoms with Crippen LogP contribution in [0.1, 0.15) is 56.7 Å². The topological polar surface area (TPSA) is 58.2 Å². The Morgan fingerprint density at radius 1 is 1.45 bits per heavy atom. The van der Waals surface area contributed by atoms with Gasteiger partial charge in [0.25, 0.3) is 0 Å². The predicted molar refractivity (Wildman–Crippen MR) is 81.9 cm³/mol. The first-order valence-corrected chi connectivity index (χ1v) is 7.94. The summed E-state index contributed by atoms with van der Waals surface area (Å²) in [6, 6.07) is 3.91. The summed E-state index contributed by atoms with van der Waals surface area (Å²) in [6.07, 6.45) is 12.6. The van der Waals surface area contributed by atoms with E-state index in [-0.39, 0.29) is 17.6 Å². The molecule has 0 spiro atoms. The number of carbonyl (C=O) groups is 1. The highest BCUT2D eigenvalue weighted by Gasteiger charge is 2.40. The molecule has 0 aromatic carbocycles. The second-order valence-corrected chi connectivity index (χ2v) is 6.00. The molecule has 0 aliphatic carbocycles. The van der Waals surface area contributed by atoms with E-state index in [4.69, 9.17) is 10.8 Å². The first kappa shape index (κ1) is 14.8. The lowest BCUT2D eigenvalue weighted by Crippen LogP contribution is -2.38. The zero-order valence-corrected chi connectivity index (χ0v) is 12.7. The lowest BCUT2D eigenvalue weighted by atomic mass is 9.97. The Kier molecular flexibility index (Phi) is 4.28. The minimum Gasteiger partial charge on any atom is -0.467 e. The lowest BCUT2D eigenvalue weighted by Gasteiger charge is -2.34. The summed E-state index contributed by atoms with van der Waals surface area (Å²) < 4.78 is 5.51. The number of rotatable bonds is 6. The van der Waals surface area contributed by atoms with Gasteiger partial charge in [-0.3, -0.25) is 4.79 Å². The molecule has 3 heterocycles. The predicted octanol–water partition coefficient (Wildman–Crippen LogP) is 3.69. The molecule has 0 radical (unpaired) electrons. The summed E-state index contributed by atoms with van der Waals surface area (Å²) in [5.74, 6) is 3.66. The van der Waals surface area contributed by atoms with E-state index in [1.807, 2.05) is 17.0 Å². The SMILES string of the molecule is C#CCCC1(CCC(=O)N2CCCC[C@H]2c2ccco2)N=N1. The van der Waals surface area contributed by atoms with Crippen LogP contribution in [0.2, 0.25) is 0 Å². The van der Waals surface area contributed by atoms with Gasteiger partial charge in [-0.05, 0) is 31.4 Å². The van der Waals surface area contributed by atoms with Crippen molar-refractivity contribution in [1.82, 2.24) is 4.90 Å². The van der Waals surface area contributed by atoms with Crippen LogP contribution in [-0.4, -0.2) is 23.0 Å². The first-order valence-electron chi connectivity index (χ1n) is 7.94. The Morgan fingerprint density at radius 3 is 3.00 bits per heavy atom. The molecule has 5 heteroatoms. The van der Waals surface area contributed by atoms with Gasteiger partial charge in [-0.25, -0.2) is 0 Å². The quantitative estimate of drug-likeness (QED) is 0.752. The summed E-state index contributed by atoms with van der Waals surface area (Å²) >= 11 is 0. The lowest BCUT2D eigenvalue weighted by molar-refractivity contribution is -0.135. The summed E-state index contributed by atoms with van der Waals surface area (Å²) in [7, 11) is 0. The van der Waals surface area contributed by atoms with Crippen molar-refractivity contribution < 1.29 is 9.21 Å². The Balaban J connectivity index is 1.57. The molecule has 1 aromatic rings. The van der Waals surface area contributed by atoms with Gasteiger partial charge in [0.2, 0.25) is 5.91 Å². The maximum absolute atomic E-state index is 12.6. The van der Waals surface area contributed by atoms with Crippen LogP contribution in [0.4, 0.5) is 0 Å². The van der Waals surface area contributed by atoms with Gasteiger partial charge in [0.1, 0.15) is 5.76 Å². The zero-order chi connectivity index (χ0) is 15.4. The smallest absolute Gasteiger partial charge is 0.223 e. The third-order valence-electron chi connectivity index (χ3n) is 4.49. The van der Waals surface area contributed by atoms with Gasteiger partial charge in [0.15, 0.2) is 5.66 Å². The van der Waals surface area contributed by atoms with E-state index in [0.29, 0.717) is 19.3 Å². The van der Waals surface area contributed by atoms with E-state index in [0.717, 1.165) is 38.0 Å². The summed E-state index contributed by atoms with van der Waals surface area (Å²) in [4.78, 5) is 14.6. The van der Waals surface area contributed by atoms with Gasteiger partial charge >= 0.3 is 0 Å². The van der Waals surface area contributed by atoms with Crippen LogP contribution < -0.4 is 0 Å². The number of furan rings is 1. The highest BCUT2D eigenvalue weighted by Crippen LogP contribution is 2.38. The average Bonchev–Trinajstić information content (AvgIpc) is 3.11. The number of hydrogen-bond acceptors (Lipinski definition) is 4. The van der Waals surface area contributed by atoms with E-state index >= 15 is 0 Å². The number of carbonyl (C=O) groups excluding carboxylic acids is 1. The molecule has 0 bridgehead atoms. The van der Waals surface area contributed by atoms with Crippen molar-refractivity contribution in [2.75, 3.05) is 6.54 Å². The largest absolute Gasteiger partial charge is 0.467 e. The second-order valence-electron chi connectivity index (χ2n) is 6.00. The Hall–Kier alpha value is -2.09. The van der Waals surface area contributed by atoms with Crippen LogP contribution in [0.25, 0.3) is 0 Å². The molecule has 2 aliphatic rings. The van der Waals surface area contributed by atoms with E-state index < -0.39 is 0 Å². The first-order chi connectivity index (χ1) is 10.7. The molecule has 0 saturated carbocycles. The molecule has 116 valence electrons. The molecule has 1 fully saturated rings. The number of hydrogen-bond donors (Lipinski definition) is 0. The minimum absolute atomic E-state index is 0.0750. The van der Waals surface area contributed by atoms with Crippen molar-refractivity contribution in [2.24, 2.45) is 10.2 Å². The number of likely N-dealkylation sites (tertiary alicyclic amines) is 1. The van der Waals surface area contributed by atoms with Gasteiger partial charge in [0, 0.05) is 32.2 Å². The fourth-order valence-corrected chi connectivity index (χ4v) is 3.13. The van der Waals surface area contributed by atoms with E-state index in [1.54, 1.807) is 6.26 Å². The Morgan fingerprint density at radius 2 is 2.32 bits per heavy atom. The molecule has 3 rings (SSSR count). The normalized spacial score (nSPS) is 22.3. The number of amides is 1. The molecule has 2 aliphatic heterocycles. The standard InChI is InChI=1S/C17H21N3O2/c1-2-3-10-17(18-19-17)11-9-16(21)20-12-5-4-7-14(20)15-8-6-13-22-15/h1,6,8,13-14H,3-5,7,9-12H2/t14-/m0/s1. The van der Waals surface area contributed by atoms with Crippen molar-refractivity contribution in [3.05, 3.63) is 24.2 Å². The Bertz CT molecular complexity index is 580. The van der Waals surface area contributed by atoms with Gasteiger partial charge in [0.05, 0.1) is 12.3 Å². The fraction of sp³-hybridized carbons (Fsp3) is 0.588. The molecule has 5 nitrogen and oxygen atoms in total. The third kappa shape index (κ3) is 3.22.